The molecule has 0 aromatic carbocycles. The zero-order chi connectivity index (χ0) is 23.4. The van der Waals surface area contributed by atoms with Crippen molar-refractivity contribution in [1.29, 1.82) is 0 Å². The van der Waals surface area contributed by atoms with Crippen molar-refractivity contribution in [2.45, 2.75) is 56.2 Å². The molecule has 5 heterocycles. The molecule has 4 aliphatic heterocycles. The van der Waals surface area contributed by atoms with Crippen LogP contribution >= 0.6 is 24.2 Å². The number of thioether (sulfide) groups is 1. The Balaban J connectivity index is 0.00000274. The topological polar surface area (TPSA) is 141 Å². The number of halogens is 1. The Morgan fingerprint density at radius 1 is 1.35 bits per heavy atom. The van der Waals surface area contributed by atoms with Gasteiger partial charge in [-0.15, -0.1) is 24.2 Å². The van der Waals surface area contributed by atoms with E-state index >= 15 is 0 Å². The van der Waals surface area contributed by atoms with E-state index in [0.29, 0.717) is 31.0 Å². The monoisotopic (exact) mass is 512 g/mol. The van der Waals surface area contributed by atoms with E-state index in [1.807, 2.05) is 11.8 Å². The molecule has 0 unspecified atom stereocenters. The molecule has 3 saturated heterocycles. The Kier molecular flexibility index (Phi) is 6.96. The van der Waals surface area contributed by atoms with Crippen LogP contribution in [-0.2, 0) is 14.4 Å². The maximum atomic E-state index is 13.1. The summed E-state index contributed by atoms with van der Waals surface area (Å²) in [6.45, 7) is 5.34. The number of carboxylic acids is 1. The number of hydrogen-bond acceptors (Lipinski definition) is 8. The fourth-order valence-corrected chi connectivity index (χ4v) is 7.10. The molecule has 1 aromatic rings. The summed E-state index contributed by atoms with van der Waals surface area (Å²) in [6.07, 6.45) is 3.77. The lowest BCUT2D eigenvalue weighted by atomic mass is 9.79. The Labute approximate surface area is 207 Å². The minimum Gasteiger partial charge on any atom is -0.477 e. The number of fused-ring (bicyclic) bond motifs is 1. The number of hydrogen-bond donors (Lipinski definition) is 3. The van der Waals surface area contributed by atoms with E-state index in [1.54, 1.807) is 17.9 Å². The minimum absolute atomic E-state index is 0. The molecule has 0 radical (unpaired) electrons. The summed E-state index contributed by atoms with van der Waals surface area (Å²) >= 11 is 1.45. The van der Waals surface area contributed by atoms with Gasteiger partial charge in [0, 0.05) is 35.7 Å². The van der Waals surface area contributed by atoms with E-state index in [-0.39, 0.29) is 59.2 Å². The van der Waals surface area contributed by atoms with E-state index in [4.69, 9.17) is 0 Å². The molecule has 186 valence electrons. The number of aliphatic hydroxyl groups is 1. The number of nitrogens with zero attached hydrogens (tertiary/aromatic N) is 5. The molecule has 4 aliphatic rings. The van der Waals surface area contributed by atoms with Crippen LogP contribution < -0.4 is 5.32 Å². The van der Waals surface area contributed by atoms with Crippen molar-refractivity contribution in [1.82, 2.24) is 29.9 Å². The fourth-order valence-electron chi connectivity index (χ4n) is 5.62. The van der Waals surface area contributed by atoms with Crippen molar-refractivity contribution in [3.05, 3.63) is 23.3 Å². The predicted molar refractivity (Wildman–Crippen MR) is 125 cm³/mol. The molecule has 0 spiro atoms. The third-order valence-electron chi connectivity index (χ3n) is 7.28. The Hall–Kier alpha value is -2.15. The lowest BCUT2D eigenvalue weighted by Gasteiger charge is -2.46. The van der Waals surface area contributed by atoms with Gasteiger partial charge in [-0.1, -0.05) is 6.92 Å². The van der Waals surface area contributed by atoms with E-state index in [9.17, 15) is 24.6 Å². The second kappa shape index (κ2) is 9.48. The minimum atomic E-state index is -1.13. The van der Waals surface area contributed by atoms with Gasteiger partial charge in [0.2, 0.25) is 11.8 Å². The third kappa shape index (κ3) is 4.00. The first-order valence-corrected chi connectivity index (χ1v) is 12.2. The highest BCUT2D eigenvalue weighted by molar-refractivity contribution is 8.03. The van der Waals surface area contributed by atoms with E-state index in [1.165, 1.54) is 23.0 Å². The largest absolute Gasteiger partial charge is 0.477 e. The van der Waals surface area contributed by atoms with Gasteiger partial charge in [0.25, 0.3) is 0 Å². The summed E-state index contributed by atoms with van der Waals surface area (Å²) in [4.78, 5) is 45.4. The van der Waals surface area contributed by atoms with Crippen LogP contribution in [0.3, 0.4) is 0 Å². The van der Waals surface area contributed by atoms with Crippen molar-refractivity contribution in [3.63, 3.8) is 0 Å². The quantitative estimate of drug-likeness (QED) is 0.452. The number of rotatable bonds is 6. The highest BCUT2D eigenvalue weighted by atomic mass is 35.5. The van der Waals surface area contributed by atoms with Crippen LogP contribution in [0.25, 0.3) is 0 Å². The van der Waals surface area contributed by atoms with Crippen LogP contribution in [0.15, 0.2) is 23.3 Å². The number of aliphatic carboxylic acids is 1. The molecule has 34 heavy (non-hydrogen) atoms. The zero-order valence-electron chi connectivity index (χ0n) is 18.9. The zero-order valence-corrected chi connectivity index (χ0v) is 20.5. The van der Waals surface area contributed by atoms with Crippen molar-refractivity contribution >= 4 is 42.0 Å². The van der Waals surface area contributed by atoms with Gasteiger partial charge in [0.15, 0.2) is 0 Å². The van der Waals surface area contributed by atoms with Gasteiger partial charge >= 0.3 is 5.97 Å². The van der Waals surface area contributed by atoms with E-state index < -0.39 is 18.0 Å². The number of amides is 2. The molecule has 5 rings (SSSR count). The number of carboxylic acid groups (broad SMARTS) is 1. The molecule has 3 fully saturated rings. The molecule has 1 aromatic heterocycles. The molecule has 13 heteroatoms. The van der Waals surface area contributed by atoms with Crippen LogP contribution in [0.5, 0.6) is 0 Å². The van der Waals surface area contributed by atoms with Crippen molar-refractivity contribution in [3.8, 4) is 0 Å². The molecule has 0 aliphatic carbocycles. The van der Waals surface area contributed by atoms with Crippen molar-refractivity contribution < 1.29 is 24.6 Å². The van der Waals surface area contributed by atoms with Crippen LogP contribution in [-0.4, -0.2) is 95.6 Å². The van der Waals surface area contributed by atoms with Gasteiger partial charge in [-0.2, -0.15) is 5.10 Å². The first-order valence-electron chi connectivity index (χ1n) is 11.3. The Morgan fingerprint density at radius 2 is 2.12 bits per heavy atom. The normalized spacial score (nSPS) is 33.6. The van der Waals surface area contributed by atoms with Crippen LogP contribution in [0.1, 0.15) is 32.7 Å². The number of likely N-dealkylation sites (tertiary alicyclic amines) is 1. The van der Waals surface area contributed by atoms with E-state index in [2.05, 4.69) is 15.4 Å². The molecule has 0 bridgehead atoms. The highest BCUT2D eigenvalue weighted by Crippen LogP contribution is 2.51. The summed E-state index contributed by atoms with van der Waals surface area (Å²) in [5, 5.41) is 27.3. The number of aliphatic hydroxyl groups excluding tert-OH is 1. The summed E-state index contributed by atoms with van der Waals surface area (Å²) in [7, 11) is 0. The van der Waals surface area contributed by atoms with Crippen LogP contribution in [0, 0.1) is 11.8 Å². The Bertz CT molecular complexity index is 1000. The standard InChI is InChI=1S/C21H28N6O5S.ClH/c1-10-16-15(11(2)28)20(30)27(16)17(21(31)32)18(10)33-13-5-14(23-6-13)19(29)25-4-3-12(7-25)26-9-22-8-24-26;/h8-16,23,28H,3-7H2,1-2H3,(H,31,32);1H/t10-,11-,12+,13+,14+,15-,16-;/m1./s1. The van der Waals surface area contributed by atoms with E-state index in [0.717, 1.165) is 6.42 Å². The van der Waals surface area contributed by atoms with Gasteiger partial charge in [-0.3, -0.25) is 9.59 Å². The molecular formula is C21H29ClN6O5S. The summed E-state index contributed by atoms with van der Waals surface area (Å²) < 4.78 is 1.79. The van der Waals surface area contributed by atoms with Gasteiger partial charge in [0.1, 0.15) is 18.4 Å². The first kappa shape index (κ1) is 25.0. The first-order chi connectivity index (χ1) is 15.8. The lowest BCUT2D eigenvalue weighted by molar-refractivity contribution is -0.163. The number of aromatic nitrogens is 3. The third-order valence-corrected chi connectivity index (χ3v) is 8.79. The molecule has 2 amide bonds. The molecule has 3 N–H and O–H groups in total. The lowest BCUT2D eigenvalue weighted by Crippen LogP contribution is -2.63. The molecule has 7 atom stereocenters. The van der Waals surface area contributed by atoms with Crippen molar-refractivity contribution in [2.24, 2.45) is 11.8 Å². The molecule has 11 nitrogen and oxygen atoms in total. The van der Waals surface area contributed by atoms with Gasteiger partial charge in [0.05, 0.1) is 30.1 Å². The summed E-state index contributed by atoms with van der Waals surface area (Å²) in [5.74, 6) is -2.14. The second-order valence-corrected chi connectivity index (χ2v) is 10.7. The fraction of sp³-hybridized carbons (Fsp3) is 0.667. The second-order valence-electron chi connectivity index (χ2n) is 9.31. The average molecular weight is 513 g/mol. The summed E-state index contributed by atoms with van der Waals surface area (Å²) in [5.41, 5.74) is 0.0318. The smallest absolute Gasteiger partial charge is 0.353 e. The van der Waals surface area contributed by atoms with Gasteiger partial charge in [-0.25, -0.2) is 14.5 Å². The number of carbonyl (C=O) groups excluding carboxylic acids is 2. The number of nitrogens with one attached hydrogen (secondary N) is 1. The number of carbonyl (C=O) groups is 3. The summed E-state index contributed by atoms with van der Waals surface area (Å²) in [6, 6.07) is -0.503. The molecule has 0 saturated carbocycles. The number of β-lactam (4-membered cyclic amide) rings is 1. The highest BCUT2D eigenvalue weighted by Gasteiger charge is 2.60. The van der Waals surface area contributed by atoms with Gasteiger partial charge in [-0.05, 0) is 19.8 Å². The molecular weight excluding hydrogens is 484 g/mol. The van der Waals surface area contributed by atoms with Crippen molar-refractivity contribution in [2.75, 3.05) is 19.6 Å². The predicted octanol–water partition coefficient (Wildman–Crippen LogP) is 0.0907. The van der Waals surface area contributed by atoms with Crippen LogP contribution in [0.4, 0.5) is 0 Å². The Morgan fingerprint density at radius 3 is 2.76 bits per heavy atom. The van der Waals surface area contributed by atoms with Crippen LogP contribution in [0.2, 0.25) is 0 Å². The van der Waals surface area contributed by atoms with Gasteiger partial charge < -0.3 is 25.3 Å². The average Bonchev–Trinajstić information content (AvgIpc) is 3.55. The maximum Gasteiger partial charge on any atom is 0.353 e. The SMILES string of the molecule is C[C@@H](O)[C@H]1C(=O)N2C(C(=O)O)=C(S[C@@H]3CN[C@H](C(=O)N4CC[C@H](n5cncn5)C4)C3)[C@H](C)[C@H]12.Cl. The maximum absolute atomic E-state index is 13.1.